The molecule has 326 valence electrons. The first-order valence-corrected chi connectivity index (χ1v) is 24.1. The summed E-state index contributed by atoms with van der Waals surface area (Å²) in [6, 6.07) is 58.8. The molecule has 0 spiro atoms. The van der Waals surface area contributed by atoms with Crippen molar-refractivity contribution in [2.45, 2.75) is 123 Å². The Balaban J connectivity index is 1.28. The van der Waals surface area contributed by atoms with Gasteiger partial charge in [-0.15, -0.1) is 0 Å². The number of hydrogen-bond donors (Lipinski definition) is 0. The molecule has 2 unspecified atom stereocenters. The average molecular weight is 850 g/mol. The van der Waals surface area contributed by atoms with E-state index in [4.69, 9.17) is 0 Å². The SMILES string of the molecule is CC(C)(C)c1cccc(N2c3cc(C(C)(C)C)ccc3B3c4ccccc4N(c4ccc(C(C)(C)C)cc4-c4ccccc4)c4cc(N5c6ccccc6C6(C)CCCC56C)cc2c43)c1. The molecular weight excluding hydrogens is 786 g/mol. The first kappa shape index (κ1) is 41.7. The Morgan fingerprint density at radius 2 is 1.05 bits per heavy atom. The predicted octanol–water partition coefficient (Wildman–Crippen LogP) is 14.7. The van der Waals surface area contributed by atoms with Gasteiger partial charge in [0, 0.05) is 50.8 Å². The van der Waals surface area contributed by atoms with Crippen LogP contribution in [0.5, 0.6) is 0 Å². The molecule has 2 atom stereocenters. The fraction of sp³-hybridized carbons (Fsp3) is 0.311. The zero-order valence-corrected chi connectivity index (χ0v) is 40.5. The molecule has 1 fully saturated rings. The van der Waals surface area contributed by atoms with Gasteiger partial charge in [-0.3, -0.25) is 0 Å². The molecule has 3 nitrogen and oxygen atoms in total. The van der Waals surface area contributed by atoms with Gasteiger partial charge in [0.25, 0.3) is 6.71 Å². The number of rotatable bonds is 4. The Hall–Kier alpha value is -6.00. The maximum Gasteiger partial charge on any atom is 0.252 e. The minimum absolute atomic E-state index is 0.0176. The van der Waals surface area contributed by atoms with Gasteiger partial charge in [-0.2, -0.15) is 0 Å². The molecule has 65 heavy (non-hydrogen) atoms. The lowest BCUT2D eigenvalue weighted by molar-refractivity contribution is 0.330. The molecule has 0 aromatic heterocycles. The van der Waals surface area contributed by atoms with Crippen LogP contribution in [0.2, 0.25) is 0 Å². The van der Waals surface area contributed by atoms with Crippen molar-refractivity contribution in [3.63, 3.8) is 0 Å². The highest BCUT2D eigenvalue weighted by Gasteiger charge is 2.59. The lowest BCUT2D eigenvalue weighted by atomic mass is 9.33. The average Bonchev–Trinajstić information content (AvgIpc) is 3.68. The smallest absolute Gasteiger partial charge is 0.252 e. The van der Waals surface area contributed by atoms with Crippen molar-refractivity contribution in [2.75, 3.05) is 14.7 Å². The van der Waals surface area contributed by atoms with E-state index in [1.54, 1.807) is 0 Å². The molecule has 0 N–H and O–H groups in total. The molecule has 7 aromatic carbocycles. The maximum atomic E-state index is 2.77. The Kier molecular flexibility index (Phi) is 9.14. The Morgan fingerprint density at radius 3 is 1.77 bits per heavy atom. The second-order valence-corrected chi connectivity index (χ2v) is 23.0. The summed E-state index contributed by atoms with van der Waals surface area (Å²) < 4.78 is 0. The number of para-hydroxylation sites is 2. The van der Waals surface area contributed by atoms with Gasteiger partial charge >= 0.3 is 0 Å². The monoisotopic (exact) mass is 850 g/mol. The quantitative estimate of drug-likeness (QED) is 0.163. The molecule has 0 amide bonds. The second kappa shape index (κ2) is 14.3. The highest BCUT2D eigenvalue weighted by Crippen LogP contribution is 2.63. The third-order valence-corrected chi connectivity index (χ3v) is 16.0. The van der Waals surface area contributed by atoms with Crippen molar-refractivity contribution in [1.82, 2.24) is 0 Å². The van der Waals surface area contributed by atoms with E-state index in [9.17, 15) is 0 Å². The summed E-state index contributed by atoms with van der Waals surface area (Å²) in [5.74, 6) is 0. The van der Waals surface area contributed by atoms with Crippen LogP contribution >= 0.6 is 0 Å². The van der Waals surface area contributed by atoms with E-state index >= 15 is 0 Å². The zero-order chi connectivity index (χ0) is 45.4. The van der Waals surface area contributed by atoms with Gasteiger partial charge in [0.05, 0.1) is 11.2 Å². The second-order valence-electron chi connectivity index (χ2n) is 23.0. The van der Waals surface area contributed by atoms with Crippen LogP contribution in [0.25, 0.3) is 11.1 Å². The van der Waals surface area contributed by atoms with Crippen molar-refractivity contribution >= 4 is 68.6 Å². The molecule has 4 aliphatic rings. The van der Waals surface area contributed by atoms with Crippen LogP contribution in [-0.4, -0.2) is 12.3 Å². The highest BCUT2D eigenvalue weighted by molar-refractivity contribution is 7.00. The Labute approximate surface area is 389 Å². The van der Waals surface area contributed by atoms with Gasteiger partial charge in [-0.25, -0.2) is 0 Å². The summed E-state index contributed by atoms with van der Waals surface area (Å²) in [5, 5.41) is 0. The summed E-state index contributed by atoms with van der Waals surface area (Å²) in [6.45, 7) is 26.1. The van der Waals surface area contributed by atoms with E-state index in [2.05, 4.69) is 243 Å². The van der Waals surface area contributed by atoms with E-state index in [1.165, 1.54) is 108 Å². The van der Waals surface area contributed by atoms with E-state index in [0.29, 0.717) is 0 Å². The molecule has 1 aliphatic carbocycles. The normalized spacial score (nSPS) is 19.7. The summed E-state index contributed by atoms with van der Waals surface area (Å²) >= 11 is 0. The minimum Gasteiger partial charge on any atom is -0.334 e. The molecule has 11 rings (SSSR count). The first-order valence-electron chi connectivity index (χ1n) is 24.1. The van der Waals surface area contributed by atoms with Gasteiger partial charge < -0.3 is 14.7 Å². The molecule has 3 aliphatic heterocycles. The summed E-state index contributed by atoms with van der Waals surface area (Å²) in [6.07, 6.45) is 3.54. The van der Waals surface area contributed by atoms with E-state index < -0.39 is 0 Å². The third kappa shape index (κ3) is 6.22. The number of nitrogens with zero attached hydrogens (tertiary/aromatic N) is 3. The van der Waals surface area contributed by atoms with Gasteiger partial charge in [0.2, 0.25) is 0 Å². The fourth-order valence-electron chi connectivity index (χ4n) is 12.2. The zero-order valence-electron chi connectivity index (χ0n) is 40.5. The van der Waals surface area contributed by atoms with E-state index in [0.717, 1.165) is 6.42 Å². The van der Waals surface area contributed by atoms with Crippen molar-refractivity contribution in [2.24, 2.45) is 0 Å². The number of hydrogen-bond acceptors (Lipinski definition) is 3. The molecule has 0 saturated heterocycles. The lowest BCUT2D eigenvalue weighted by Crippen LogP contribution is -2.61. The molecule has 0 radical (unpaired) electrons. The van der Waals surface area contributed by atoms with Crippen molar-refractivity contribution in [3.8, 4) is 11.1 Å². The lowest BCUT2D eigenvalue weighted by Gasteiger charge is -2.47. The number of anilines is 8. The highest BCUT2D eigenvalue weighted by atomic mass is 15.3. The topological polar surface area (TPSA) is 9.72 Å². The molecular formula is C61H64BN3. The molecule has 4 heteroatoms. The van der Waals surface area contributed by atoms with Crippen molar-refractivity contribution in [1.29, 1.82) is 0 Å². The van der Waals surface area contributed by atoms with Gasteiger partial charge in [0.15, 0.2) is 0 Å². The fourth-order valence-corrected chi connectivity index (χ4v) is 12.2. The Morgan fingerprint density at radius 1 is 0.446 bits per heavy atom. The van der Waals surface area contributed by atoms with Crippen LogP contribution in [0.3, 0.4) is 0 Å². The third-order valence-electron chi connectivity index (χ3n) is 16.0. The molecule has 0 bridgehead atoms. The van der Waals surface area contributed by atoms with Gasteiger partial charge in [0.1, 0.15) is 0 Å². The number of benzene rings is 7. The van der Waals surface area contributed by atoms with Crippen LogP contribution in [0.15, 0.2) is 152 Å². The van der Waals surface area contributed by atoms with Crippen LogP contribution in [0, 0.1) is 0 Å². The predicted molar refractivity (Wildman–Crippen MR) is 280 cm³/mol. The standard InChI is InChI=1S/C61H64BN3/c1-57(2,3)41-23-19-24-44(35-41)63-53-37-43(59(7,8)9)29-31-49(53)62-48-26-16-18-28-52(48)64(50-32-30-42(58(4,5)6)36-46(50)40-21-13-12-14-22-40)55-39-45(38-54(63)56(55)62)65-51-27-17-15-25-47(51)60(10)33-20-34-61(60,65)11/h12-19,21-32,35-39H,20,33-34H2,1-11H3. The van der Waals surface area contributed by atoms with E-state index in [1.807, 2.05) is 0 Å². The summed E-state index contributed by atoms with van der Waals surface area (Å²) in [5.41, 5.74) is 21.9. The van der Waals surface area contributed by atoms with Crippen LogP contribution < -0.4 is 31.1 Å². The molecule has 1 saturated carbocycles. The van der Waals surface area contributed by atoms with Crippen LogP contribution in [-0.2, 0) is 21.7 Å². The molecule has 3 heterocycles. The van der Waals surface area contributed by atoms with Gasteiger partial charge in [-0.05, 0) is 135 Å². The Bertz CT molecular complexity index is 3040. The van der Waals surface area contributed by atoms with Crippen LogP contribution in [0.4, 0.5) is 45.5 Å². The maximum absolute atomic E-state index is 2.77. The summed E-state index contributed by atoms with van der Waals surface area (Å²) in [4.78, 5) is 8.05. The number of fused-ring (bicyclic) bond motifs is 7. The van der Waals surface area contributed by atoms with E-state index in [-0.39, 0.29) is 33.9 Å². The minimum atomic E-state index is -0.0963. The summed E-state index contributed by atoms with van der Waals surface area (Å²) in [7, 11) is 0. The molecule has 7 aromatic rings. The van der Waals surface area contributed by atoms with Crippen molar-refractivity contribution < 1.29 is 0 Å². The van der Waals surface area contributed by atoms with Crippen LogP contribution in [0.1, 0.15) is 118 Å². The largest absolute Gasteiger partial charge is 0.334 e. The first-order chi connectivity index (χ1) is 30.9. The van der Waals surface area contributed by atoms with Gasteiger partial charge in [-0.1, -0.05) is 173 Å². The van der Waals surface area contributed by atoms with Crippen molar-refractivity contribution in [3.05, 3.63) is 174 Å².